The van der Waals surface area contributed by atoms with E-state index in [1.165, 1.54) is 0 Å². The van der Waals surface area contributed by atoms with E-state index in [-0.39, 0.29) is 18.0 Å². The first-order valence-corrected chi connectivity index (χ1v) is 3.37. The van der Waals surface area contributed by atoms with Gasteiger partial charge in [-0.2, -0.15) is 0 Å². The van der Waals surface area contributed by atoms with Gasteiger partial charge in [-0.25, -0.2) is 0 Å². The van der Waals surface area contributed by atoms with Crippen molar-refractivity contribution in [3.8, 4) is 0 Å². The van der Waals surface area contributed by atoms with Gasteiger partial charge in [0.1, 0.15) is 0 Å². The van der Waals surface area contributed by atoms with E-state index in [1.54, 1.807) is 0 Å². The smallest absolute Gasteiger partial charge is 0.163 e. The zero-order valence-electron chi connectivity index (χ0n) is 6.47. The number of rotatable bonds is 0. The number of ether oxygens (including phenoxy) is 2. The average molecular weight is 130 g/mol. The quantitative estimate of drug-likeness (QED) is 0.495. The van der Waals surface area contributed by atoms with Gasteiger partial charge >= 0.3 is 0 Å². The van der Waals surface area contributed by atoms with E-state index in [0.29, 0.717) is 0 Å². The van der Waals surface area contributed by atoms with Crippen LogP contribution in [0.25, 0.3) is 0 Å². The van der Waals surface area contributed by atoms with E-state index in [4.69, 9.17) is 9.47 Å². The second-order valence-corrected chi connectivity index (χ2v) is 3.05. The minimum atomic E-state index is -0.362. The minimum Gasteiger partial charge on any atom is -0.345 e. The fourth-order valence-corrected chi connectivity index (χ4v) is 1.11. The molecule has 0 aromatic heterocycles. The maximum absolute atomic E-state index is 5.44. The van der Waals surface area contributed by atoms with Crippen molar-refractivity contribution in [1.29, 1.82) is 0 Å². The molecule has 1 fully saturated rings. The Labute approximate surface area is 56.2 Å². The van der Waals surface area contributed by atoms with Crippen molar-refractivity contribution in [3.63, 3.8) is 0 Å². The fourth-order valence-electron chi connectivity index (χ4n) is 1.11. The second-order valence-electron chi connectivity index (χ2n) is 3.05. The summed E-state index contributed by atoms with van der Waals surface area (Å²) in [6, 6.07) is 0. The summed E-state index contributed by atoms with van der Waals surface area (Å²) in [6.45, 7) is 7.93. The monoisotopic (exact) mass is 130 g/mol. The molecule has 1 saturated heterocycles. The predicted molar refractivity (Wildman–Crippen MR) is 35.2 cm³/mol. The van der Waals surface area contributed by atoms with E-state index in [1.807, 2.05) is 27.7 Å². The van der Waals surface area contributed by atoms with Crippen LogP contribution in [0.2, 0.25) is 0 Å². The van der Waals surface area contributed by atoms with Crippen LogP contribution in [0, 0.1) is 0 Å². The average Bonchev–Trinajstić information content (AvgIpc) is 1.79. The first-order valence-electron chi connectivity index (χ1n) is 3.37. The molecule has 54 valence electrons. The SMILES string of the molecule is CC1OC(C)(C)OC1C. The Morgan fingerprint density at radius 3 is 1.44 bits per heavy atom. The van der Waals surface area contributed by atoms with Crippen molar-refractivity contribution in [2.75, 3.05) is 0 Å². The molecule has 0 bridgehead atoms. The van der Waals surface area contributed by atoms with Gasteiger partial charge in [-0.05, 0) is 27.7 Å². The van der Waals surface area contributed by atoms with Crippen LogP contribution in [0.15, 0.2) is 0 Å². The largest absolute Gasteiger partial charge is 0.345 e. The summed E-state index contributed by atoms with van der Waals surface area (Å²) < 4.78 is 10.9. The van der Waals surface area contributed by atoms with Gasteiger partial charge in [0.15, 0.2) is 5.79 Å². The van der Waals surface area contributed by atoms with Gasteiger partial charge in [-0.15, -0.1) is 0 Å². The summed E-state index contributed by atoms with van der Waals surface area (Å²) >= 11 is 0. The van der Waals surface area contributed by atoms with Crippen LogP contribution in [0.3, 0.4) is 0 Å². The van der Waals surface area contributed by atoms with Gasteiger partial charge in [0, 0.05) is 0 Å². The van der Waals surface area contributed by atoms with Crippen molar-refractivity contribution < 1.29 is 9.47 Å². The summed E-state index contributed by atoms with van der Waals surface area (Å²) in [5.41, 5.74) is 0. The van der Waals surface area contributed by atoms with E-state index < -0.39 is 0 Å². The maximum atomic E-state index is 5.44. The molecule has 1 heterocycles. The van der Waals surface area contributed by atoms with E-state index in [0.717, 1.165) is 0 Å². The zero-order valence-corrected chi connectivity index (χ0v) is 6.47. The van der Waals surface area contributed by atoms with Crippen molar-refractivity contribution in [2.45, 2.75) is 45.7 Å². The lowest BCUT2D eigenvalue weighted by molar-refractivity contribution is -0.143. The molecule has 9 heavy (non-hydrogen) atoms. The first kappa shape index (κ1) is 7.03. The van der Waals surface area contributed by atoms with E-state index >= 15 is 0 Å². The third-order valence-corrected chi connectivity index (χ3v) is 1.60. The molecule has 1 aliphatic heterocycles. The third-order valence-electron chi connectivity index (χ3n) is 1.60. The molecule has 2 unspecified atom stereocenters. The zero-order chi connectivity index (χ0) is 7.07. The lowest BCUT2D eigenvalue weighted by Crippen LogP contribution is -2.20. The van der Waals surface area contributed by atoms with Gasteiger partial charge < -0.3 is 9.47 Å². The standard InChI is InChI=1S/C7H14O2/c1-5-6(2)9-7(3,4)8-5/h5-6H,1-4H3. The second kappa shape index (κ2) is 1.96. The van der Waals surface area contributed by atoms with Gasteiger partial charge in [0.25, 0.3) is 0 Å². The normalized spacial score (nSPS) is 41.3. The summed E-state index contributed by atoms with van der Waals surface area (Å²) in [5.74, 6) is -0.362. The number of hydrogen-bond donors (Lipinski definition) is 0. The predicted octanol–water partition coefficient (Wildman–Crippen LogP) is 1.55. The van der Waals surface area contributed by atoms with Crippen LogP contribution in [0.1, 0.15) is 27.7 Å². The van der Waals surface area contributed by atoms with Gasteiger partial charge in [0.05, 0.1) is 12.2 Å². The molecule has 0 aromatic carbocycles. The summed E-state index contributed by atoms with van der Waals surface area (Å²) in [4.78, 5) is 0. The molecule has 0 radical (unpaired) electrons. The Bertz CT molecular complexity index is 97.5. The Morgan fingerprint density at radius 1 is 1.00 bits per heavy atom. The first-order chi connectivity index (χ1) is 4.01. The molecule has 0 aromatic rings. The summed E-state index contributed by atoms with van der Waals surface area (Å²) in [6.07, 6.45) is 0.472. The van der Waals surface area contributed by atoms with Crippen LogP contribution >= 0.6 is 0 Å². The molecule has 2 nitrogen and oxygen atoms in total. The molecule has 1 rings (SSSR count). The van der Waals surface area contributed by atoms with Crippen molar-refractivity contribution in [2.24, 2.45) is 0 Å². The van der Waals surface area contributed by atoms with Crippen LogP contribution in [0.5, 0.6) is 0 Å². The third kappa shape index (κ3) is 1.43. The number of hydrogen-bond acceptors (Lipinski definition) is 2. The van der Waals surface area contributed by atoms with Gasteiger partial charge in [-0.1, -0.05) is 0 Å². The van der Waals surface area contributed by atoms with Gasteiger partial charge in [0.2, 0.25) is 0 Å². The molecule has 0 aliphatic carbocycles. The highest BCUT2D eigenvalue weighted by Gasteiger charge is 2.35. The fraction of sp³-hybridized carbons (Fsp3) is 1.00. The van der Waals surface area contributed by atoms with Crippen LogP contribution in [-0.4, -0.2) is 18.0 Å². The molecule has 0 spiro atoms. The lowest BCUT2D eigenvalue weighted by Gasteiger charge is -2.15. The van der Waals surface area contributed by atoms with E-state index in [9.17, 15) is 0 Å². The van der Waals surface area contributed by atoms with Crippen LogP contribution < -0.4 is 0 Å². The van der Waals surface area contributed by atoms with Crippen molar-refractivity contribution in [3.05, 3.63) is 0 Å². The van der Waals surface area contributed by atoms with Crippen LogP contribution in [0.4, 0.5) is 0 Å². The topological polar surface area (TPSA) is 18.5 Å². The molecular formula is C7H14O2. The Morgan fingerprint density at radius 2 is 1.33 bits per heavy atom. The Hall–Kier alpha value is -0.0800. The molecular weight excluding hydrogens is 116 g/mol. The highest BCUT2D eigenvalue weighted by molar-refractivity contribution is 4.73. The van der Waals surface area contributed by atoms with Crippen molar-refractivity contribution in [1.82, 2.24) is 0 Å². The Kier molecular flexibility index (Phi) is 1.53. The van der Waals surface area contributed by atoms with Gasteiger partial charge in [-0.3, -0.25) is 0 Å². The minimum absolute atomic E-state index is 0.236. The molecule has 0 amide bonds. The summed E-state index contributed by atoms with van der Waals surface area (Å²) in [7, 11) is 0. The molecule has 1 aliphatic rings. The van der Waals surface area contributed by atoms with Crippen molar-refractivity contribution >= 4 is 0 Å². The molecule has 2 heteroatoms. The molecule has 0 saturated carbocycles. The molecule has 0 N–H and O–H groups in total. The molecule has 2 atom stereocenters. The highest BCUT2D eigenvalue weighted by Crippen LogP contribution is 2.26. The maximum Gasteiger partial charge on any atom is 0.163 e. The highest BCUT2D eigenvalue weighted by atomic mass is 16.7. The Balaban J connectivity index is 2.54. The summed E-state index contributed by atoms with van der Waals surface area (Å²) in [5, 5.41) is 0. The van der Waals surface area contributed by atoms with E-state index in [2.05, 4.69) is 0 Å². The lowest BCUT2D eigenvalue weighted by atomic mass is 10.3. The van der Waals surface area contributed by atoms with Crippen LogP contribution in [-0.2, 0) is 9.47 Å².